The van der Waals surface area contributed by atoms with E-state index in [1.165, 1.54) is 31.2 Å². The molecule has 2 aliphatic rings. The van der Waals surface area contributed by atoms with Crippen LogP contribution in [0.4, 0.5) is 0 Å². The van der Waals surface area contributed by atoms with E-state index < -0.39 is 0 Å². The van der Waals surface area contributed by atoms with Crippen LogP contribution < -0.4 is 10.6 Å². The van der Waals surface area contributed by atoms with E-state index >= 15 is 0 Å². The van der Waals surface area contributed by atoms with Gasteiger partial charge in [0, 0.05) is 25.6 Å². The zero-order valence-corrected chi connectivity index (χ0v) is 13.8. The quantitative estimate of drug-likeness (QED) is 0.877. The van der Waals surface area contributed by atoms with E-state index in [1.807, 2.05) is 0 Å². The van der Waals surface area contributed by atoms with Crippen LogP contribution in [0.3, 0.4) is 0 Å². The summed E-state index contributed by atoms with van der Waals surface area (Å²) in [6.45, 7) is 3.08. The molecule has 1 saturated heterocycles. The minimum absolute atomic E-state index is 0.151. The first-order valence-corrected chi connectivity index (χ1v) is 8.94. The molecule has 1 atom stereocenters. The molecule has 1 amide bonds. The summed E-state index contributed by atoms with van der Waals surface area (Å²) in [4.78, 5) is 12.0. The van der Waals surface area contributed by atoms with E-state index in [2.05, 4.69) is 41.0 Å². The highest BCUT2D eigenvalue weighted by Gasteiger charge is 2.23. The minimum Gasteiger partial charge on any atom is -0.378 e. The van der Waals surface area contributed by atoms with E-state index in [-0.39, 0.29) is 11.9 Å². The molecule has 126 valence electrons. The van der Waals surface area contributed by atoms with Gasteiger partial charge in [0.25, 0.3) is 0 Å². The first-order chi connectivity index (χ1) is 11.3. The summed E-state index contributed by atoms with van der Waals surface area (Å²) in [6, 6.07) is 11.0. The second-order valence-corrected chi connectivity index (χ2v) is 6.86. The maximum absolute atomic E-state index is 12.0. The van der Waals surface area contributed by atoms with E-state index in [0.29, 0.717) is 24.9 Å². The van der Waals surface area contributed by atoms with E-state index in [1.54, 1.807) is 0 Å². The summed E-state index contributed by atoms with van der Waals surface area (Å²) < 4.78 is 5.39. The van der Waals surface area contributed by atoms with Crippen LogP contribution in [-0.2, 0) is 9.53 Å². The Kier molecular flexibility index (Phi) is 6.06. The summed E-state index contributed by atoms with van der Waals surface area (Å²) in [5.74, 6) is 1.49. The Labute approximate surface area is 139 Å². The molecule has 4 nitrogen and oxygen atoms in total. The number of hydrogen-bond acceptors (Lipinski definition) is 3. The average Bonchev–Trinajstić information content (AvgIpc) is 2.62. The molecular formula is C19H28N2O2. The standard InChI is InChI=1S/C19H28N2O2/c22-19(12-18-14-23-11-10-20-18)21-13-15-6-8-17(9-7-15)16-4-2-1-3-5-16/h1-5,15,17-18,20H,6-14H2,(H,21,22). The van der Waals surface area contributed by atoms with Gasteiger partial charge in [-0.2, -0.15) is 0 Å². The van der Waals surface area contributed by atoms with Crippen molar-refractivity contribution in [3.63, 3.8) is 0 Å². The molecule has 1 unspecified atom stereocenters. The lowest BCUT2D eigenvalue weighted by Gasteiger charge is -2.29. The predicted octanol–water partition coefficient (Wildman–Crippen LogP) is 2.46. The highest BCUT2D eigenvalue weighted by Crippen LogP contribution is 2.35. The molecule has 1 saturated carbocycles. The van der Waals surface area contributed by atoms with Crippen molar-refractivity contribution in [3.8, 4) is 0 Å². The van der Waals surface area contributed by atoms with Gasteiger partial charge >= 0.3 is 0 Å². The predicted molar refractivity (Wildman–Crippen MR) is 91.4 cm³/mol. The summed E-state index contributed by atoms with van der Waals surface area (Å²) >= 11 is 0. The fourth-order valence-corrected chi connectivity index (χ4v) is 3.73. The van der Waals surface area contributed by atoms with Gasteiger partial charge in [-0.05, 0) is 43.1 Å². The molecular weight excluding hydrogens is 288 g/mol. The Morgan fingerprint density at radius 2 is 1.96 bits per heavy atom. The molecule has 2 fully saturated rings. The molecule has 0 radical (unpaired) electrons. The Hall–Kier alpha value is -1.39. The molecule has 1 heterocycles. The average molecular weight is 316 g/mol. The number of carbonyl (C=O) groups excluding carboxylic acids is 1. The number of amides is 1. The van der Waals surface area contributed by atoms with E-state index in [9.17, 15) is 4.79 Å². The maximum atomic E-state index is 12.0. The summed E-state index contributed by atoms with van der Waals surface area (Å²) in [7, 11) is 0. The van der Waals surface area contributed by atoms with E-state index in [0.717, 1.165) is 19.7 Å². The first kappa shape index (κ1) is 16.5. The SMILES string of the molecule is O=C(CC1COCCN1)NCC1CCC(c2ccccc2)CC1. The van der Waals surface area contributed by atoms with Gasteiger partial charge < -0.3 is 15.4 Å². The number of carbonyl (C=O) groups is 1. The third kappa shape index (κ3) is 5.05. The Balaban J connectivity index is 1.35. The summed E-state index contributed by atoms with van der Waals surface area (Å²) in [5, 5.41) is 6.45. The van der Waals surface area contributed by atoms with E-state index in [4.69, 9.17) is 4.74 Å². The van der Waals surface area contributed by atoms with Crippen LogP contribution in [0.2, 0.25) is 0 Å². The number of ether oxygens (including phenoxy) is 1. The van der Waals surface area contributed by atoms with Crippen molar-refractivity contribution in [1.82, 2.24) is 10.6 Å². The second-order valence-electron chi connectivity index (χ2n) is 6.86. The molecule has 0 bridgehead atoms. The van der Waals surface area contributed by atoms with Crippen molar-refractivity contribution in [2.75, 3.05) is 26.3 Å². The molecule has 1 aromatic carbocycles. The van der Waals surface area contributed by atoms with Gasteiger partial charge in [0.15, 0.2) is 0 Å². The number of benzene rings is 1. The Morgan fingerprint density at radius 1 is 1.17 bits per heavy atom. The largest absolute Gasteiger partial charge is 0.378 e. The van der Waals surface area contributed by atoms with Gasteiger partial charge in [0.05, 0.1) is 13.2 Å². The molecule has 1 aromatic rings. The fourth-order valence-electron chi connectivity index (χ4n) is 3.73. The van der Waals surface area contributed by atoms with Gasteiger partial charge in [-0.25, -0.2) is 0 Å². The van der Waals surface area contributed by atoms with Crippen LogP contribution in [0, 0.1) is 5.92 Å². The minimum atomic E-state index is 0.151. The van der Waals surface area contributed by atoms with Crippen LogP contribution >= 0.6 is 0 Å². The van der Waals surface area contributed by atoms with Crippen molar-refractivity contribution in [2.24, 2.45) is 5.92 Å². The van der Waals surface area contributed by atoms with Crippen molar-refractivity contribution in [1.29, 1.82) is 0 Å². The zero-order chi connectivity index (χ0) is 15.9. The number of hydrogen-bond donors (Lipinski definition) is 2. The molecule has 1 aliphatic carbocycles. The van der Waals surface area contributed by atoms with Crippen molar-refractivity contribution in [3.05, 3.63) is 35.9 Å². The molecule has 0 aromatic heterocycles. The Bertz CT molecular complexity index is 477. The molecule has 23 heavy (non-hydrogen) atoms. The van der Waals surface area contributed by atoms with Crippen LogP contribution in [0.15, 0.2) is 30.3 Å². The molecule has 3 rings (SSSR count). The van der Waals surface area contributed by atoms with Gasteiger partial charge in [0.1, 0.15) is 0 Å². The van der Waals surface area contributed by atoms with Crippen molar-refractivity contribution >= 4 is 5.91 Å². The lowest BCUT2D eigenvalue weighted by Crippen LogP contribution is -2.44. The molecule has 2 N–H and O–H groups in total. The number of nitrogens with one attached hydrogen (secondary N) is 2. The third-order valence-corrected chi connectivity index (χ3v) is 5.14. The summed E-state index contributed by atoms with van der Waals surface area (Å²) in [5.41, 5.74) is 1.47. The molecule has 4 heteroatoms. The van der Waals surface area contributed by atoms with Gasteiger partial charge in [0.2, 0.25) is 5.91 Å². The second kappa shape index (κ2) is 8.46. The number of rotatable bonds is 5. The lowest BCUT2D eigenvalue weighted by atomic mass is 9.79. The highest BCUT2D eigenvalue weighted by atomic mass is 16.5. The van der Waals surface area contributed by atoms with Crippen LogP contribution in [0.1, 0.15) is 43.6 Å². The zero-order valence-electron chi connectivity index (χ0n) is 13.8. The highest BCUT2D eigenvalue weighted by molar-refractivity contribution is 5.76. The maximum Gasteiger partial charge on any atom is 0.221 e. The first-order valence-electron chi connectivity index (χ1n) is 8.94. The van der Waals surface area contributed by atoms with Gasteiger partial charge in [-0.15, -0.1) is 0 Å². The molecule has 1 aliphatic heterocycles. The lowest BCUT2D eigenvalue weighted by molar-refractivity contribution is -0.122. The van der Waals surface area contributed by atoms with Crippen LogP contribution in [0.25, 0.3) is 0 Å². The van der Waals surface area contributed by atoms with Crippen LogP contribution in [-0.4, -0.2) is 38.3 Å². The third-order valence-electron chi connectivity index (χ3n) is 5.14. The normalized spacial score (nSPS) is 28.3. The number of morpholine rings is 1. The molecule has 0 spiro atoms. The van der Waals surface area contributed by atoms with Crippen LogP contribution in [0.5, 0.6) is 0 Å². The van der Waals surface area contributed by atoms with Crippen molar-refractivity contribution in [2.45, 2.75) is 44.1 Å². The van der Waals surface area contributed by atoms with Gasteiger partial charge in [-0.1, -0.05) is 30.3 Å². The van der Waals surface area contributed by atoms with Crippen molar-refractivity contribution < 1.29 is 9.53 Å². The fraction of sp³-hybridized carbons (Fsp3) is 0.632. The monoisotopic (exact) mass is 316 g/mol. The van der Waals surface area contributed by atoms with Gasteiger partial charge in [-0.3, -0.25) is 4.79 Å². The summed E-state index contributed by atoms with van der Waals surface area (Å²) in [6.07, 6.45) is 5.43. The topological polar surface area (TPSA) is 50.4 Å². The Morgan fingerprint density at radius 3 is 2.65 bits per heavy atom. The smallest absolute Gasteiger partial charge is 0.221 e.